The van der Waals surface area contributed by atoms with Gasteiger partial charge in [0.1, 0.15) is 0 Å². The van der Waals surface area contributed by atoms with E-state index in [4.69, 9.17) is 0 Å². The number of hydrogen-bond acceptors (Lipinski definition) is 2. The fraction of sp³-hybridized carbons (Fsp3) is 1.00. The van der Waals surface area contributed by atoms with Crippen molar-refractivity contribution >= 4 is 0 Å². The molecule has 1 heterocycles. The van der Waals surface area contributed by atoms with Crippen LogP contribution in [0.2, 0.25) is 0 Å². The van der Waals surface area contributed by atoms with Crippen LogP contribution in [0, 0.1) is 5.92 Å². The largest absolute Gasteiger partial charge is 0.311 e. The zero-order valence-electron chi connectivity index (χ0n) is 11.0. The fourth-order valence-electron chi connectivity index (χ4n) is 3.07. The van der Waals surface area contributed by atoms with E-state index in [1.165, 1.54) is 58.2 Å². The summed E-state index contributed by atoms with van der Waals surface area (Å²) in [6, 6.07) is 1.68. The van der Waals surface area contributed by atoms with Gasteiger partial charge in [0.25, 0.3) is 0 Å². The van der Waals surface area contributed by atoms with Crippen LogP contribution in [0.5, 0.6) is 0 Å². The van der Waals surface area contributed by atoms with E-state index in [2.05, 4.69) is 24.1 Å². The van der Waals surface area contributed by atoms with E-state index in [1.807, 2.05) is 0 Å². The topological polar surface area (TPSA) is 15.3 Å². The first-order valence-electron chi connectivity index (χ1n) is 7.31. The van der Waals surface area contributed by atoms with Crippen LogP contribution in [0.25, 0.3) is 0 Å². The molecule has 0 aromatic carbocycles. The number of likely N-dealkylation sites (tertiary alicyclic amines) is 1. The second-order valence-electron chi connectivity index (χ2n) is 5.65. The van der Waals surface area contributed by atoms with E-state index in [1.54, 1.807) is 0 Å². The molecule has 0 amide bonds. The smallest absolute Gasteiger partial charge is 0.0102 e. The van der Waals surface area contributed by atoms with Gasteiger partial charge >= 0.3 is 0 Å². The highest BCUT2D eigenvalue weighted by molar-refractivity contribution is 4.94. The third kappa shape index (κ3) is 3.46. The van der Waals surface area contributed by atoms with Crippen LogP contribution in [0.1, 0.15) is 52.4 Å². The molecule has 3 atom stereocenters. The van der Waals surface area contributed by atoms with Gasteiger partial charge < -0.3 is 10.2 Å². The van der Waals surface area contributed by atoms with Gasteiger partial charge in [0.2, 0.25) is 0 Å². The highest BCUT2D eigenvalue weighted by Crippen LogP contribution is 2.34. The van der Waals surface area contributed by atoms with E-state index in [-0.39, 0.29) is 0 Å². The third-order valence-electron chi connectivity index (χ3n) is 4.26. The summed E-state index contributed by atoms with van der Waals surface area (Å²) in [6.07, 6.45) is 8.26. The molecular weight excluding hydrogens is 196 g/mol. The highest BCUT2D eigenvalue weighted by Gasteiger charge is 2.36. The van der Waals surface area contributed by atoms with Gasteiger partial charge in [-0.2, -0.15) is 0 Å². The lowest BCUT2D eigenvalue weighted by molar-refractivity contribution is 0.282. The maximum atomic E-state index is 3.87. The number of nitrogens with one attached hydrogen (secondary N) is 1. The van der Waals surface area contributed by atoms with Gasteiger partial charge in [0.15, 0.2) is 0 Å². The van der Waals surface area contributed by atoms with Gasteiger partial charge in [-0.3, -0.25) is 0 Å². The number of nitrogens with zero attached hydrogens (tertiary/aromatic N) is 1. The SMILES string of the molecule is CCCN1CCCC(NC2CC2CC)CC1. The standard InChI is InChI=1S/C14H28N2/c1-3-8-16-9-5-6-13(7-10-16)15-14-11-12(14)4-2/h12-15H,3-11H2,1-2H3. The molecule has 1 saturated carbocycles. The summed E-state index contributed by atoms with van der Waals surface area (Å²) in [5, 5.41) is 3.87. The Morgan fingerprint density at radius 1 is 1.19 bits per heavy atom. The quantitative estimate of drug-likeness (QED) is 0.772. The van der Waals surface area contributed by atoms with Crippen LogP contribution >= 0.6 is 0 Å². The van der Waals surface area contributed by atoms with E-state index in [9.17, 15) is 0 Å². The Balaban J connectivity index is 1.68. The number of hydrogen-bond donors (Lipinski definition) is 1. The number of rotatable bonds is 5. The Bertz CT molecular complexity index is 205. The lowest BCUT2D eigenvalue weighted by atomic mass is 10.1. The summed E-state index contributed by atoms with van der Waals surface area (Å²) >= 11 is 0. The summed E-state index contributed by atoms with van der Waals surface area (Å²) in [7, 11) is 0. The Labute approximate surface area is 101 Å². The van der Waals surface area contributed by atoms with Crippen molar-refractivity contribution in [3.63, 3.8) is 0 Å². The predicted octanol–water partition coefficient (Wildman–Crippen LogP) is 2.64. The minimum Gasteiger partial charge on any atom is -0.311 e. The van der Waals surface area contributed by atoms with Gasteiger partial charge in [-0.25, -0.2) is 0 Å². The first kappa shape index (κ1) is 12.4. The molecule has 16 heavy (non-hydrogen) atoms. The van der Waals surface area contributed by atoms with Crippen molar-refractivity contribution in [2.75, 3.05) is 19.6 Å². The van der Waals surface area contributed by atoms with E-state index >= 15 is 0 Å². The lowest BCUT2D eigenvalue weighted by Crippen LogP contribution is -2.33. The fourth-order valence-corrected chi connectivity index (χ4v) is 3.07. The third-order valence-corrected chi connectivity index (χ3v) is 4.26. The second-order valence-corrected chi connectivity index (χ2v) is 5.65. The summed E-state index contributed by atoms with van der Waals surface area (Å²) < 4.78 is 0. The first-order chi connectivity index (χ1) is 7.83. The molecule has 3 unspecified atom stereocenters. The Kier molecular flexibility index (Phi) is 4.66. The van der Waals surface area contributed by atoms with Gasteiger partial charge in [0.05, 0.1) is 0 Å². The molecule has 1 saturated heterocycles. The Morgan fingerprint density at radius 2 is 2.06 bits per heavy atom. The van der Waals surface area contributed by atoms with E-state index in [0.717, 1.165) is 18.0 Å². The zero-order chi connectivity index (χ0) is 11.4. The van der Waals surface area contributed by atoms with Gasteiger partial charge in [-0.1, -0.05) is 20.3 Å². The molecule has 2 heteroatoms. The summed E-state index contributed by atoms with van der Waals surface area (Å²) in [5.74, 6) is 0.995. The van der Waals surface area contributed by atoms with Crippen LogP contribution in [-0.2, 0) is 0 Å². The zero-order valence-corrected chi connectivity index (χ0v) is 11.0. The molecule has 1 N–H and O–H groups in total. The maximum Gasteiger partial charge on any atom is 0.0102 e. The van der Waals surface area contributed by atoms with Crippen LogP contribution in [0.15, 0.2) is 0 Å². The molecule has 0 bridgehead atoms. The minimum absolute atomic E-state index is 0.809. The van der Waals surface area contributed by atoms with Crippen molar-refractivity contribution in [2.45, 2.75) is 64.5 Å². The van der Waals surface area contributed by atoms with Crippen molar-refractivity contribution in [2.24, 2.45) is 5.92 Å². The second kappa shape index (κ2) is 6.02. The van der Waals surface area contributed by atoms with Gasteiger partial charge in [-0.15, -0.1) is 0 Å². The molecule has 2 aliphatic rings. The minimum atomic E-state index is 0.809. The van der Waals surface area contributed by atoms with Crippen molar-refractivity contribution < 1.29 is 0 Å². The molecule has 2 rings (SSSR count). The first-order valence-corrected chi connectivity index (χ1v) is 7.31. The molecule has 1 aliphatic heterocycles. The molecule has 1 aliphatic carbocycles. The molecule has 94 valence electrons. The predicted molar refractivity (Wildman–Crippen MR) is 69.7 cm³/mol. The highest BCUT2D eigenvalue weighted by atomic mass is 15.1. The van der Waals surface area contributed by atoms with E-state index < -0.39 is 0 Å². The molecule has 0 aromatic rings. The normalized spacial score (nSPS) is 36.0. The van der Waals surface area contributed by atoms with Gasteiger partial charge in [0, 0.05) is 12.1 Å². The van der Waals surface area contributed by atoms with Crippen molar-refractivity contribution in [3.05, 3.63) is 0 Å². The van der Waals surface area contributed by atoms with Gasteiger partial charge in [-0.05, 0) is 57.7 Å². The van der Waals surface area contributed by atoms with E-state index in [0.29, 0.717) is 0 Å². The summed E-state index contributed by atoms with van der Waals surface area (Å²) in [5.41, 5.74) is 0. The Hall–Kier alpha value is -0.0800. The molecule has 0 radical (unpaired) electrons. The van der Waals surface area contributed by atoms with Crippen LogP contribution < -0.4 is 5.32 Å². The van der Waals surface area contributed by atoms with Crippen molar-refractivity contribution in [3.8, 4) is 0 Å². The molecular formula is C14H28N2. The molecule has 2 nitrogen and oxygen atoms in total. The summed E-state index contributed by atoms with van der Waals surface area (Å²) in [4.78, 5) is 2.64. The van der Waals surface area contributed by atoms with Crippen LogP contribution in [0.3, 0.4) is 0 Å². The average Bonchev–Trinajstić information content (AvgIpc) is 3.05. The molecule has 2 fully saturated rings. The Morgan fingerprint density at radius 3 is 2.75 bits per heavy atom. The van der Waals surface area contributed by atoms with Crippen molar-refractivity contribution in [1.29, 1.82) is 0 Å². The molecule has 0 spiro atoms. The summed E-state index contributed by atoms with van der Waals surface area (Å²) in [6.45, 7) is 8.55. The average molecular weight is 224 g/mol. The lowest BCUT2D eigenvalue weighted by Gasteiger charge is -2.19. The monoisotopic (exact) mass is 224 g/mol. The maximum absolute atomic E-state index is 3.87. The van der Waals surface area contributed by atoms with Crippen LogP contribution in [-0.4, -0.2) is 36.6 Å². The molecule has 0 aromatic heterocycles. The van der Waals surface area contributed by atoms with Crippen LogP contribution in [0.4, 0.5) is 0 Å². The van der Waals surface area contributed by atoms with Crippen molar-refractivity contribution in [1.82, 2.24) is 10.2 Å².